The normalized spacial score (nSPS) is 16.7. The highest BCUT2D eigenvalue weighted by atomic mass is 35.5. The van der Waals surface area contributed by atoms with Gasteiger partial charge < -0.3 is 5.73 Å². The lowest BCUT2D eigenvalue weighted by atomic mass is 10.1. The average Bonchev–Trinajstić information content (AvgIpc) is 3.21. The van der Waals surface area contributed by atoms with Crippen LogP contribution in [0.3, 0.4) is 0 Å². The number of sulfonamides is 1. The Morgan fingerprint density at radius 2 is 2.19 bits per heavy atom. The van der Waals surface area contributed by atoms with Gasteiger partial charge in [0.25, 0.3) is 0 Å². The van der Waals surface area contributed by atoms with Crippen molar-refractivity contribution in [2.45, 2.75) is 43.5 Å². The minimum Gasteiger partial charge on any atom is -0.389 e. The van der Waals surface area contributed by atoms with E-state index in [-0.39, 0.29) is 20.9 Å². The van der Waals surface area contributed by atoms with Gasteiger partial charge in [-0.25, -0.2) is 13.1 Å². The molecule has 2 rings (SSSR count). The largest absolute Gasteiger partial charge is 0.389 e. The first-order chi connectivity index (χ1) is 9.83. The average molecular weight is 347 g/mol. The van der Waals surface area contributed by atoms with Crippen molar-refractivity contribution in [1.29, 1.82) is 0 Å². The van der Waals surface area contributed by atoms with Crippen LogP contribution in [0.2, 0.25) is 5.02 Å². The van der Waals surface area contributed by atoms with Crippen molar-refractivity contribution in [2.75, 3.05) is 0 Å². The summed E-state index contributed by atoms with van der Waals surface area (Å²) in [4.78, 5) is 0.257. The van der Waals surface area contributed by atoms with Crippen molar-refractivity contribution in [1.82, 2.24) is 4.72 Å². The van der Waals surface area contributed by atoms with Crippen LogP contribution >= 0.6 is 23.8 Å². The number of benzene rings is 1. The number of rotatable bonds is 7. The predicted octanol–water partition coefficient (Wildman–Crippen LogP) is 2.83. The molecule has 0 aliphatic heterocycles. The smallest absolute Gasteiger partial charge is 0.242 e. The van der Waals surface area contributed by atoms with Crippen molar-refractivity contribution in [3.8, 4) is 0 Å². The van der Waals surface area contributed by atoms with Gasteiger partial charge in [-0.1, -0.05) is 49.7 Å². The van der Waals surface area contributed by atoms with E-state index in [0.717, 1.165) is 12.8 Å². The molecule has 0 heterocycles. The molecule has 1 unspecified atom stereocenters. The molecule has 4 nitrogen and oxygen atoms in total. The molecule has 1 aliphatic rings. The number of thiocarbonyl (C=S) groups is 1. The summed E-state index contributed by atoms with van der Waals surface area (Å²) in [5.74, 6) is 0.658. The fourth-order valence-electron chi connectivity index (χ4n) is 2.21. The molecule has 116 valence electrons. The van der Waals surface area contributed by atoms with Crippen LogP contribution in [0.25, 0.3) is 0 Å². The van der Waals surface area contributed by atoms with E-state index in [2.05, 4.69) is 4.72 Å². The predicted molar refractivity (Wildman–Crippen MR) is 89.1 cm³/mol. The van der Waals surface area contributed by atoms with Crippen LogP contribution < -0.4 is 10.5 Å². The van der Waals surface area contributed by atoms with Gasteiger partial charge in [0.05, 0.1) is 5.02 Å². The fraction of sp³-hybridized carbons (Fsp3) is 0.500. The highest BCUT2D eigenvalue weighted by molar-refractivity contribution is 7.89. The Bertz CT molecular complexity index is 642. The molecule has 1 atom stereocenters. The zero-order valence-corrected chi connectivity index (χ0v) is 14.2. The second-order valence-corrected chi connectivity index (χ2v) is 7.94. The van der Waals surface area contributed by atoms with Crippen LogP contribution in [0.15, 0.2) is 23.1 Å². The molecule has 0 aromatic heterocycles. The second kappa shape index (κ2) is 6.60. The van der Waals surface area contributed by atoms with E-state index >= 15 is 0 Å². The van der Waals surface area contributed by atoms with E-state index in [1.54, 1.807) is 6.07 Å². The molecule has 21 heavy (non-hydrogen) atoms. The van der Waals surface area contributed by atoms with Crippen LogP contribution in [-0.2, 0) is 10.0 Å². The molecule has 0 bridgehead atoms. The Balaban J connectivity index is 2.19. The Labute approximate surface area is 136 Å². The lowest BCUT2D eigenvalue weighted by Crippen LogP contribution is -2.35. The minimum atomic E-state index is -3.63. The van der Waals surface area contributed by atoms with Gasteiger partial charge in [0.2, 0.25) is 10.0 Å². The summed E-state index contributed by atoms with van der Waals surface area (Å²) in [6, 6.07) is 4.46. The summed E-state index contributed by atoms with van der Waals surface area (Å²) < 4.78 is 27.6. The molecular weight excluding hydrogens is 328 g/mol. The Morgan fingerprint density at radius 1 is 1.52 bits per heavy atom. The summed E-state index contributed by atoms with van der Waals surface area (Å²) in [6.07, 6.45) is 4.04. The van der Waals surface area contributed by atoms with Crippen LogP contribution in [0.4, 0.5) is 0 Å². The Kier molecular flexibility index (Phi) is 5.24. The number of nitrogens with one attached hydrogen (secondary N) is 1. The fourth-order valence-corrected chi connectivity index (χ4v) is 4.21. The first kappa shape index (κ1) is 16.7. The molecule has 1 aromatic carbocycles. The number of hydrogen-bond donors (Lipinski definition) is 2. The van der Waals surface area contributed by atoms with Gasteiger partial charge in [-0.2, -0.15) is 0 Å². The lowest BCUT2D eigenvalue weighted by molar-refractivity contribution is 0.495. The number of nitrogens with two attached hydrogens (primary N) is 1. The van der Waals surface area contributed by atoms with Gasteiger partial charge in [0.15, 0.2) is 0 Å². The second-order valence-electron chi connectivity index (χ2n) is 5.41. The van der Waals surface area contributed by atoms with E-state index in [1.807, 2.05) is 6.92 Å². The van der Waals surface area contributed by atoms with E-state index in [1.165, 1.54) is 25.0 Å². The summed E-state index contributed by atoms with van der Waals surface area (Å²) in [6.45, 7) is 1.98. The lowest BCUT2D eigenvalue weighted by Gasteiger charge is -2.17. The van der Waals surface area contributed by atoms with E-state index < -0.39 is 10.0 Å². The molecule has 0 amide bonds. The van der Waals surface area contributed by atoms with E-state index in [9.17, 15) is 8.42 Å². The molecule has 3 N–H and O–H groups in total. The standard InChI is InChI=1S/C14H19ClN2O2S2/c1-2-11(7-9-3-4-9)17-21(18,19)13-6-5-10(14(16)20)8-12(13)15/h5-6,8-9,11,17H,2-4,7H2,1H3,(H2,16,20). The minimum absolute atomic E-state index is 0.0474. The molecule has 1 fully saturated rings. The monoisotopic (exact) mass is 346 g/mol. The first-order valence-corrected chi connectivity index (χ1v) is 9.22. The highest BCUT2D eigenvalue weighted by Gasteiger charge is 2.28. The van der Waals surface area contributed by atoms with Gasteiger partial charge in [0, 0.05) is 11.6 Å². The summed E-state index contributed by atoms with van der Waals surface area (Å²) >= 11 is 10.9. The van der Waals surface area contributed by atoms with Gasteiger partial charge in [-0.15, -0.1) is 0 Å². The topological polar surface area (TPSA) is 72.2 Å². The molecule has 0 radical (unpaired) electrons. The van der Waals surface area contributed by atoms with Crippen LogP contribution in [0.1, 0.15) is 38.2 Å². The molecule has 7 heteroatoms. The number of hydrogen-bond acceptors (Lipinski definition) is 3. The van der Waals surface area contributed by atoms with Gasteiger partial charge in [-0.05, 0) is 30.9 Å². The van der Waals surface area contributed by atoms with E-state index in [4.69, 9.17) is 29.6 Å². The summed E-state index contributed by atoms with van der Waals surface area (Å²) in [5.41, 5.74) is 6.07. The first-order valence-electron chi connectivity index (χ1n) is 6.95. The van der Waals surface area contributed by atoms with Crippen molar-refractivity contribution >= 4 is 38.8 Å². The van der Waals surface area contributed by atoms with Crippen molar-refractivity contribution in [2.24, 2.45) is 11.7 Å². The quantitative estimate of drug-likeness (QED) is 0.745. The van der Waals surface area contributed by atoms with Crippen LogP contribution in [-0.4, -0.2) is 19.4 Å². The number of halogens is 1. The van der Waals surface area contributed by atoms with Crippen LogP contribution in [0.5, 0.6) is 0 Å². The molecule has 0 saturated heterocycles. The maximum Gasteiger partial charge on any atom is 0.242 e. The molecule has 0 spiro atoms. The van der Waals surface area contributed by atoms with Crippen molar-refractivity contribution < 1.29 is 8.42 Å². The zero-order valence-electron chi connectivity index (χ0n) is 11.8. The van der Waals surface area contributed by atoms with Gasteiger partial charge in [-0.3, -0.25) is 0 Å². The molecular formula is C14H19ClN2O2S2. The zero-order chi connectivity index (χ0) is 15.6. The van der Waals surface area contributed by atoms with E-state index in [0.29, 0.717) is 11.5 Å². The third kappa shape index (κ3) is 4.39. The van der Waals surface area contributed by atoms with Gasteiger partial charge >= 0.3 is 0 Å². The van der Waals surface area contributed by atoms with Gasteiger partial charge in [0.1, 0.15) is 9.88 Å². The third-order valence-corrected chi connectivity index (χ3v) is 5.87. The molecule has 1 saturated carbocycles. The van der Waals surface area contributed by atoms with Crippen molar-refractivity contribution in [3.05, 3.63) is 28.8 Å². The maximum absolute atomic E-state index is 12.4. The Morgan fingerprint density at radius 3 is 2.67 bits per heavy atom. The van der Waals surface area contributed by atoms with Crippen molar-refractivity contribution in [3.63, 3.8) is 0 Å². The third-order valence-electron chi connectivity index (χ3n) is 3.64. The summed E-state index contributed by atoms with van der Waals surface area (Å²) in [5, 5.41) is 0.133. The molecule has 1 aromatic rings. The van der Waals surface area contributed by atoms with Crippen LogP contribution in [0, 0.1) is 5.92 Å². The maximum atomic E-state index is 12.4. The SMILES string of the molecule is CCC(CC1CC1)NS(=O)(=O)c1ccc(C(N)=S)cc1Cl. The highest BCUT2D eigenvalue weighted by Crippen LogP contribution is 2.34. The Hall–Kier alpha value is -0.690. The summed E-state index contributed by atoms with van der Waals surface area (Å²) in [7, 11) is -3.63. The molecule has 1 aliphatic carbocycles.